The van der Waals surface area contributed by atoms with Crippen molar-refractivity contribution >= 4 is 5.91 Å². The van der Waals surface area contributed by atoms with E-state index in [1.165, 1.54) is 19.4 Å². The molecule has 0 spiro atoms. The number of amides is 1. The van der Waals surface area contributed by atoms with Gasteiger partial charge in [-0.25, -0.2) is 0 Å². The molecular weight excluding hydrogens is 248 g/mol. The standard InChI is InChI=1S/C17H28N2O/c1-12(2)17(20)19-7-5-16(6-8-19)18-11-15-10-13-3-4-14(15)9-13/h3-4,12-16,18H,5-11H2,1-2H3. The van der Waals surface area contributed by atoms with Crippen LogP contribution in [0.1, 0.15) is 39.5 Å². The average molecular weight is 276 g/mol. The summed E-state index contributed by atoms with van der Waals surface area (Å²) in [4.78, 5) is 14.0. The van der Waals surface area contributed by atoms with Crippen molar-refractivity contribution in [1.29, 1.82) is 0 Å². The summed E-state index contributed by atoms with van der Waals surface area (Å²) in [5.41, 5.74) is 0. The lowest BCUT2D eigenvalue weighted by atomic mass is 9.93. The Kier molecular flexibility index (Phi) is 4.16. The Labute approximate surface area is 122 Å². The lowest BCUT2D eigenvalue weighted by Gasteiger charge is -2.34. The monoisotopic (exact) mass is 276 g/mol. The molecule has 0 aromatic rings. The molecule has 3 aliphatic rings. The minimum absolute atomic E-state index is 0.139. The molecule has 20 heavy (non-hydrogen) atoms. The van der Waals surface area contributed by atoms with Crippen molar-refractivity contribution in [2.24, 2.45) is 23.7 Å². The number of hydrogen-bond acceptors (Lipinski definition) is 2. The Morgan fingerprint density at radius 3 is 2.55 bits per heavy atom. The number of allylic oxidation sites excluding steroid dienone is 2. The Balaban J connectivity index is 1.39. The van der Waals surface area contributed by atoms with E-state index in [9.17, 15) is 4.79 Å². The van der Waals surface area contributed by atoms with Crippen LogP contribution >= 0.6 is 0 Å². The summed E-state index contributed by atoms with van der Waals surface area (Å²) in [6, 6.07) is 0.620. The summed E-state index contributed by atoms with van der Waals surface area (Å²) in [7, 11) is 0. The molecule has 3 rings (SSSR count). The number of piperidine rings is 1. The summed E-state index contributed by atoms with van der Waals surface area (Å²) in [5.74, 6) is 3.04. The maximum atomic E-state index is 12.0. The highest BCUT2D eigenvalue weighted by Gasteiger charge is 2.35. The number of carbonyl (C=O) groups is 1. The highest BCUT2D eigenvalue weighted by atomic mass is 16.2. The van der Waals surface area contributed by atoms with Crippen molar-refractivity contribution in [1.82, 2.24) is 10.2 Å². The topological polar surface area (TPSA) is 32.3 Å². The molecule has 1 saturated carbocycles. The van der Waals surface area contributed by atoms with Gasteiger partial charge in [-0.1, -0.05) is 26.0 Å². The molecule has 1 saturated heterocycles. The van der Waals surface area contributed by atoms with E-state index in [1.807, 2.05) is 18.7 Å². The van der Waals surface area contributed by atoms with Crippen molar-refractivity contribution in [3.63, 3.8) is 0 Å². The first-order chi connectivity index (χ1) is 9.63. The van der Waals surface area contributed by atoms with Crippen LogP contribution in [0.5, 0.6) is 0 Å². The number of fused-ring (bicyclic) bond motifs is 2. The molecule has 2 aliphatic carbocycles. The van der Waals surface area contributed by atoms with Gasteiger partial charge in [-0.15, -0.1) is 0 Å². The van der Waals surface area contributed by atoms with Crippen molar-refractivity contribution in [3.05, 3.63) is 12.2 Å². The van der Waals surface area contributed by atoms with Crippen molar-refractivity contribution < 1.29 is 4.79 Å². The van der Waals surface area contributed by atoms with Gasteiger partial charge in [0, 0.05) is 25.0 Å². The van der Waals surface area contributed by atoms with Crippen molar-refractivity contribution in [2.75, 3.05) is 19.6 Å². The second-order valence-electron chi connectivity index (χ2n) is 7.20. The predicted octanol–water partition coefficient (Wildman–Crippen LogP) is 2.44. The molecule has 3 unspecified atom stereocenters. The highest BCUT2D eigenvalue weighted by Crippen LogP contribution is 2.43. The van der Waals surface area contributed by atoms with Crippen LogP contribution in [0.3, 0.4) is 0 Å². The van der Waals surface area contributed by atoms with Gasteiger partial charge in [-0.3, -0.25) is 4.79 Å². The van der Waals surface area contributed by atoms with Crippen LogP contribution in [0.2, 0.25) is 0 Å². The smallest absolute Gasteiger partial charge is 0.225 e. The van der Waals surface area contributed by atoms with E-state index < -0.39 is 0 Å². The van der Waals surface area contributed by atoms with Crippen LogP contribution in [0.4, 0.5) is 0 Å². The first kappa shape index (κ1) is 14.1. The second kappa shape index (κ2) is 5.88. The van der Waals surface area contributed by atoms with Crippen LogP contribution in [-0.4, -0.2) is 36.5 Å². The number of nitrogens with zero attached hydrogens (tertiary/aromatic N) is 1. The van der Waals surface area contributed by atoms with E-state index in [0.29, 0.717) is 11.9 Å². The molecule has 3 nitrogen and oxygen atoms in total. The second-order valence-corrected chi connectivity index (χ2v) is 7.20. The van der Waals surface area contributed by atoms with Gasteiger partial charge in [-0.2, -0.15) is 0 Å². The molecule has 3 heteroatoms. The average Bonchev–Trinajstić information content (AvgIpc) is 3.07. The van der Waals surface area contributed by atoms with E-state index >= 15 is 0 Å². The molecule has 1 aliphatic heterocycles. The van der Waals surface area contributed by atoms with E-state index in [0.717, 1.165) is 43.7 Å². The Morgan fingerprint density at radius 1 is 1.25 bits per heavy atom. The van der Waals surface area contributed by atoms with Gasteiger partial charge in [0.15, 0.2) is 0 Å². The summed E-state index contributed by atoms with van der Waals surface area (Å²) in [6.07, 6.45) is 9.87. The van der Waals surface area contributed by atoms with Crippen LogP contribution in [0, 0.1) is 23.7 Å². The summed E-state index contributed by atoms with van der Waals surface area (Å²) >= 11 is 0. The van der Waals surface area contributed by atoms with Crippen LogP contribution in [0.25, 0.3) is 0 Å². The largest absolute Gasteiger partial charge is 0.342 e. The number of hydrogen-bond donors (Lipinski definition) is 1. The first-order valence-electron chi connectivity index (χ1n) is 8.34. The van der Waals surface area contributed by atoms with Crippen LogP contribution in [-0.2, 0) is 4.79 Å². The van der Waals surface area contributed by atoms with Gasteiger partial charge in [0.05, 0.1) is 0 Å². The minimum atomic E-state index is 0.139. The van der Waals surface area contributed by atoms with E-state index in [4.69, 9.17) is 0 Å². The van der Waals surface area contributed by atoms with E-state index in [2.05, 4.69) is 17.5 Å². The number of carbonyl (C=O) groups excluding carboxylic acids is 1. The SMILES string of the molecule is CC(C)C(=O)N1CCC(NCC2CC3C=CC2C3)CC1. The van der Waals surface area contributed by atoms with Gasteiger partial charge in [0.25, 0.3) is 0 Å². The van der Waals surface area contributed by atoms with Crippen LogP contribution in [0.15, 0.2) is 12.2 Å². The Bertz CT molecular complexity index is 382. The summed E-state index contributed by atoms with van der Waals surface area (Å²) in [6.45, 7) is 7.04. The zero-order valence-electron chi connectivity index (χ0n) is 12.8. The van der Waals surface area contributed by atoms with Gasteiger partial charge in [-0.05, 0) is 50.0 Å². The fraction of sp³-hybridized carbons (Fsp3) is 0.824. The molecular formula is C17H28N2O. The lowest BCUT2D eigenvalue weighted by Crippen LogP contribution is -2.47. The Morgan fingerprint density at radius 2 is 2.00 bits per heavy atom. The summed E-state index contributed by atoms with van der Waals surface area (Å²) < 4.78 is 0. The van der Waals surface area contributed by atoms with Gasteiger partial charge < -0.3 is 10.2 Å². The zero-order chi connectivity index (χ0) is 14.1. The van der Waals surface area contributed by atoms with Crippen molar-refractivity contribution in [3.8, 4) is 0 Å². The van der Waals surface area contributed by atoms with Gasteiger partial charge >= 0.3 is 0 Å². The molecule has 3 atom stereocenters. The van der Waals surface area contributed by atoms with Crippen LogP contribution < -0.4 is 5.32 Å². The van der Waals surface area contributed by atoms with Crippen molar-refractivity contribution in [2.45, 2.75) is 45.6 Å². The van der Waals surface area contributed by atoms with E-state index in [-0.39, 0.29) is 5.92 Å². The third-order valence-electron chi connectivity index (χ3n) is 5.39. The molecule has 1 N–H and O–H groups in total. The maximum absolute atomic E-state index is 12.0. The number of nitrogens with one attached hydrogen (secondary N) is 1. The zero-order valence-corrected chi connectivity index (χ0v) is 12.8. The fourth-order valence-corrected chi connectivity index (χ4v) is 4.12. The Hall–Kier alpha value is -0.830. The minimum Gasteiger partial charge on any atom is -0.342 e. The molecule has 1 heterocycles. The molecule has 0 radical (unpaired) electrons. The molecule has 112 valence electrons. The number of rotatable bonds is 4. The highest BCUT2D eigenvalue weighted by molar-refractivity contribution is 5.78. The molecule has 0 aromatic carbocycles. The molecule has 2 bridgehead atoms. The van der Waals surface area contributed by atoms with E-state index in [1.54, 1.807) is 0 Å². The molecule has 0 aromatic heterocycles. The fourth-order valence-electron chi connectivity index (χ4n) is 4.12. The molecule has 2 fully saturated rings. The lowest BCUT2D eigenvalue weighted by molar-refractivity contribution is -0.135. The first-order valence-corrected chi connectivity index (χ1v) is 8.34. The third kappa shape index (κ3) is 2.93. The summed E-state index contributed by atoms with van der Waals surface area (Å²) in [5, 5.41) is 3.77. The maximum Gasteiger partial charge on any atom is 0.225 e. The number of likely N-dealkylation sites (tertiary alicyclic amines) is 1. The third-order valence-corrected chi connectivity index (χ3v) is 5.39. The predicted molar refractivity (Wildman–Crippen MR) is 81.3 cm³/mol. The van der Waals surface area contributed by atoms with Gasteiger partial charge in [0.2, 0.25) is 5.91 Å². The normalized spacial score (nSPS) is 33.4. The van der Waals surface area contributed by atoms with Gasteiger partial charge in [0.1, 0.15) is 0 Å². The molecule has 1 amide bonds. The quantitative estimate of drug-likeness (QED) is 0.800.